The number of rotatable bonds is 6. The summed E-state index contributed by atoms with van der Waals surface area (Å²) >= 11 is 0. The molecule has 1 radical (unpaired) electrons. The first-order chi connectivity index (χ1) is 4.41. The first kappa shape index (κ1) is 8.92. The Hall–Kier alpha value is -0.0800. The minimum Gasteiger partial charge on any atom is -0.320 e. The smallest absolute Gasteiger partial charge is 0.00997 e. The van der Waals surface area contributed by atoms with E-state index >= 15 is 0 Å². The van der Waals surface area contributed by atoms with Gasteiger partial charge in [0.2, 0.25) is 0 Å². The molecule has 55 valence electrons. The average molecular weight is 129 g/mol. The van der Waals surface area contributed by atoms with E-state index in [1.54, 1.807) is 0 Å². The molecule has 0 aliphatic heterocycles. The Labute approximate surface area is 57.8 Å². The molecule has 0 aromatic rings. The molecule has 0 heterocycles. The van der Waals surface area contributed by atoms with Gasteiger partial charge in [0.1, 0.15) is 0 Å². The van der Waals surface area contributed by atoms with Crippen LogP contribution in [0.15, 0.2) is 0 Å². The summed E-state index contributed by atoms with van der Waals surface area (Å²) in [5.41, 5.74) is 6.87. The van der Waals surface area contributed by atoms with Crippen molar-refractivity contribution in [2.45, 2.75) is 25.7 Å². The van der Waals surface area contributed by atoms with Gasteiger partial charge >= 0.3 is 0 Å². The first-order valence-corrected chi connectivity index (χ1v) is 3.71. The van der Waals surface area contributed by atoms with Crippen molar-refractivity contribution in [3.05, 3.63) is 0 Å². The molecule has 0 fully saturated rings. The first-order valence-electron chi connectivity index (χ1n) is 3.71. The monoisotopic (exact) mass is 129 g/mol. The molecular weight excluding hydrogens is 112 g/mol. The molecule has 2 heteroatoms. The summed E-state index contributed by atoms with van der Waals surface area (Å²) < 4.78 is 0. The highest BCUT2D eigenvalue weighted by atomic mass is 14.8. The third-order valence-corrected chi connectivity index (χ3v) is 1.35. The van der Waals surface area contributed by atoms with Crippen LogP contribution < -0.4 is 11.1 Å². The third kappa shape index (κ3) is 7.92. The van der Waals surface area contributed by atoms with Gasteiger partial charge in [-0.15, -0.1) is 0 Å². The van der Waals surface area contributed by atoms with E-state index in [4.69, 9.17) is 5.73 Å². The van der Waals surface area contributed by atoms with Crippen LogP contribution in [-0.2, 0) is 0 Å². The van der Waals surface area contributed by atoms with Gasteiger partial charge in [-0.1, -0.05) is 12.8 Å². The van der Waals surface area contributed by atoms with Gasteiger partial charge in [0.05, 0.1) is 0 Å². The summed E-state index contributed by atoms with van der Waals surface area (Å²) in [6.45, 7) is 1.72. The molecule has 0 aromatic heterocycles. The summed E-state index contributed by atoms with van der Waals surface area (Å²) in [6, 6.07) is 0. The normalized spacial score (nSPS) is 10.0. The van der Waals surface area contributed by atoms with Gasteiger partial charge in [-0.05, 0) is 26.4 Å². The van der Waals surface area contributed by atoms with Gasteiger partial charge in [-0.2, -0.15) is 0 Å². The second kappa shape index (κ2) is 7.92. The van der Waals surface area contributed by atoms with E-state index in [2.05, 4.69) is 5.32 Å². The fourth-order valence-corrected chi connectivity index (χ4v) is 0.780. The lowest BCUT2D eigenvalue weighted by Crippen LogP contribution is -2.06. The SMILES string of the molecule is CNCCCCCC[NH]. The maximum Gasteiger partial charge on any atom is 0.00997 e. The molecule has 2 N–H and O–H groups in total. The van der Waals surface area contributed by atoms with E-state index in [0.29, 0.717) is 6.54 Å². The topological polar surface area (TPSA) is 35.8 Å². The molecule has 0 aromatic carbocycles. The average Bonchev–Trinajstić information content (AvgIpc) is 1.89. The van der Waals surface area contributed by atoms with Gasteiger partial charge in [0.25, 0.3) is 0 Å². The summed E-state index contributed by atoms with van der Waals surface area (Å²) in [5, 5.41) is 3.10. The predicted molar refractivity (Wildman–Crippen MR) is 40.4 cm³/mol. The molecule has 0 unspecified atom stereocenters. The van der Waals surface area contributed by atoms with Crippen LogP contribution in [0.3, 0.4) is 0 Å². The standard InChI is InChI=1S/C7H17N2/c1-9-7-5-3-2-4-6-8/h8-9H,2-7H2,1H3. The molecule has 0 aliphatic rings. The minimum absolute atomic E-state index is 0.597. The summed E-state index contributed by atoms with van der Waals surface area (Å²) in [6.07, 6.45) is 4.84. The lowest BCUT2D eigenvalue weighted by atomic mass is 10.2. The minimum atomic E-state index is 0.597. The highest BCUT2D eigenvalue weighted by molar-refractivity contribution is 4.44. The number of hydrogen-bond acceptors (Lipinski definition) is 1. The summed E-state index contributed by atoms with van der Waals surface area (Å²) in [4.78, 5) is 0. The summed E-state index contributed by atoms with van der Waals surface area (Å²) in [5.74, 6) is 0. The van der Waals surface area contributed by atoms with Crippen molar-refractivity contribution in [3.8, 4) is 0 Å². The Morgan fingerprint density at radius 3 is 2.33 bits per heavy atom. The van der Waals surface area contributed by atoms with Crippen LogP contribution in [0.4, 0.5) is 0 Å². The maximum absolute atomic E-state index is 6.87. The zero-order valence-electron chi connectivity index (χ0n) is 6.24. The molecule has 0 saturated heterocycles. The second-order valence-corrected chi connectivity index (χ2v) is 2.27. The third-order valence-electron chi connectivity index (χ3n) is 1.35. The largest absolute Gasteiger partial charge is 0.320 e. The quantitative estimate of drug-likeness (QED) is 0.535. The van der Waals surface area contributed by atoms with Crippen LogP contribution in [0.2, 0.25) is 0 Å². The van der Waals surface area contributed by atoms with Gasteiger partial charge < -0.3 is 5.32 Å². The van der Waals surface area contributed by atoms with Gasteiger partial charge in [-0.3, -0.25) is 5.73 Å². The molecule has 0 spiro atoms. The van der Waals surface area contributed by atoms with Crippen molar-refractivity contribution in [1.29, 1.82) is 0 Å². The second-order valence-electron chi connectivity index (χ2n) is 2.27. The van der Waals surface area contributed by atoms with E-state index in [0.717, 1.165) is 13.0 Å². The van der Waals surface area contributed by atoms with Crippen molar-refractivity contribution in [2.75, 3.05) is 20.1 Å². The van der Waals surface area contributed by atoms with Crippen molar-refractivity contribution < 1.29 is 0 Å². The lowest BCUT2D eigenvalue weighted by molar-refractivity contribution is 0.618. The van der Waals surface area contributed by atoms with E-state index in [1.807, 2.05) is 7.05 Å². The van der Waals surface area contributed by atoms with Crippen molar-refractivity contribution >= 4 is 0 Å². The Morgan fingerprint density at radius 1 is 1.11 bits per heavy atom. The van der Waals surface area contributed by atoms with Crippen molar-refractivity contribution in [1.82, 2.24) is 11.1 Å². The molecule has 0 atom stereocenters. The summed E-state index contributed by atoms with van der Waals surface area (Å²) in [7, 11) is 1.98. The van der Waals surface area contributed by atoms with E-state index in [1.165, 1.54) is 19.3 Å². The molecule has 0 saturated carbocycles. The Morgan fingerprint density at radius 2 is 1.78 bits per heavy atom. The molecule has 2 nitrogen and oxygen atoms in total. The van der Waals surface area contributed by atoms with Crippen LogP contribution in [0, 0.1) is 0 Å². The van der Waals surface area contributed by atoms with E-state index in [9.17, 15) is 0 Å². The zero-order valence-corrected chi connectivity index (χ0v) is 6.24. The zero-order chi connectivity index (χ0) is 6.95. The van der Waals surface area contributed by atoms with Crippen LogP contribution in [0.25, 0.3) is 0 Å². The molecule has 0 amide bonds. The van der Waals surface area contributed by atoms with Crippen LogP contribution in [0.5, 0.6) is 0 Å². The molecule has 0 rings (SSSR count). The number of unbranched alkanes of at least 4 members (excludes halogenated alkanes) is 3. The number of nitrogens with one attached hydrogen (secondary N) is 2. The predicted octanol–water partition coefficient (Wildman–Crippen LogP) is 1.05. The molecular formula is C7H17N2. The van der Waals surface area contributed by atoms with Crippen LogP contribution >= 0.6 is 0 Å². The highest BCUT2D eigenvalue weighted by Gasteiger charge is 1.85. The fraction of sp³-hybridized carbons (Fsp3) is 1.00. The van der Waals surface area contributed by atoms with Crippen LogP contribution in [-0.4, -0.2) is 20.1 Å². The van der Waals surface area contributed by atoms with Gasteiger partial charge in [0, 0.05) is 6.54 Å². The van der Waals surface area contributed by atoms with Gasteiger partial charge in [0.15, 0.2) is 0 Å². The molecule has 0 aliphatic carbocycles. The molecule has 9 heavy (non-hydrogen) atoms. The van der Waals surface area contributed by atoms with E-state index < -0.39 is 0 Å². The van der Waals surface area contributed by atoms with Crippen molar-refractivity contribution in [3.63, 3.8) is 0 Å². The van der Waals surface area contributed by atoms with Crippen LogP contribution in [0.1, 0.15) is 25.7 Å². The van der Waals surface area contributed by atoms with Gasteiger partial charge in [-0.25, -0.2) is 0 Å². The maximum atomic E-state index is 6.87. The Balaban J connectivity index is 2.60. The van der Waals surface area contributed by atoms with Crippen molar-refractivity contribution in [2.24, 2.45) is 0 Å². The Kier molecular flexibility index (Phi) is 7.85. The lowest BCUT2D eigenvalue weighted by Gasteiger charge is -1.97. The fourth-order valence-electron chi connectivity index (χ4n) is 0.780. The number of hydrogen-bond donors (Lipinski definition) is 1. The molecule has 0 bridgehead atoms. The van der Waals surface area contributed by atoms with E-state index in [-0.39, 0.29) is 0 Å². The highest BCUT2D eigenvalue weighted by Crippen LogP contribution is 1.96. The Bertz CT molecular complexity index is 40.2.